The molecule has 4 nitrogen and oxygen atoms in total. The minimum atomic E-state index is -0.704. The van der Waals surface area contributed by atoms with E-state index in [1.54, 1.807) is 7.11 Å². The van der Waals surface area contributed by atoms with Crippen LogP contribution in [0.3, 0.4) is 0 Å². The highest BCUT2D eigenvalue weighted by Gasteiger charge is 2.39. The number of nitrogens with zero attached hydrogens (tertiary/aromatic N) is 1. The van der Waals surface area contributed by atoms with Crippen molar-refractivity contribution in [3.8, 4) is 5.75 Å². The van der Waals surface area contributed by atoms with E-state index in [0.29, 0.717) is 10.9 Å². The number of amides is 1. The van der Waals surface area contributed by atoms with Crippen LogP contribution in [-0.4, -0.2) is 18.0 Å². The first-order chi connectivity index (χ1) is 14.5. The predicted molar refractivity (Wildman–Crippen MR) is 123 cm³/mol. The van der Waals surface area contributed by atoms with E-state index in [0.717, 1.165) is 21.3 Å². The van der Waals surface area contributed by atoms with E-state index in [-0.39, 0.29) is 11.8 Å². The molecular weight excluding hydrogens is 392 g/mol. The number of thiazole rings is 1. The molecular formula is C25H24N2O2S. The fourth-order valence-corrected chi connectivity index (χ4v) is 4.73. The van der Waals surface area contributed by atoms with E-state index >= 15 is 0 Å². The molecule has 0 atom stereocenters. The normalized spacial score (nSPS) is 11.6. The maximum atomic E-state index is 13.5. The van der Waals surface area contributed by atoms with Crippen molar-refractivity contribution in [2.45, 2.75) is 19.8 Å². The number of hydrogen-bond acceptors (Lipinski definition) is 4. The third kappa shape index (κ3) is 3.81. The van der Waals surface area contributed by atoms with Gasteiger partial charge >= 0.3 is 0 Å². The van der Waals surface area contributed by atoms with Crippen molar-refractivity contribution in [1.82, 2.24) is 4.98 Å². The zero-order valence-electron chi connectivity index (χ0n) is 17.3. The van der Waals surface area contributed by atoms with Crippen molar-refractivity contribution in [3.05, 3.63) is 90.0 Å². The summed E-state index contributed by atoms with van der Waals surface area (Å²) in [6, 6.07) is 26.1. The van der Waals surface area contributed by atoms with Gasteiger partial charge in [0, 0.05) is 5.92 Å². The second-order valence-electron chi connectivity index (χ2n) is 7.76. The number of anilines is 1. The van der Waals surface area contributed by atoms with Crippen molar-refractivity contribution in [1.29, 1.82) is 0 Å². The Morgan fingerprint density at radius 2 is 1.53 bits per heavy atom. The van der Waals surface area contributed by atoms with Crippen LogP contribution in [0.25, 0.3) is 10.2 Å². The first kappa shape index (κ1) is 20.1. The average molecular weight is 417 g/mol. The maximum absolute atomic E-state index is 13.5. The Labute approximate surface area is 180 Å². The highest BCUT2D eigenvalue weighted by atomic mass is 32.1. The van der Waals surface area contributed by atoms with Gasteiger partial charge in [0.25, 0.3) is 0 Å². The summed E-state index contributed by atoms with van der Waals surface area (Å²) in [7, 11) is 1.62. The van der Waals surface area contributed by atoms with Gasteiger partial charge in [-0.2, -0.15) is 0 Å². The number of para-hydroxylation sites is 1. The highest BCUT2D eigenvalue weighted by Crippen LogP contribution is 2.42. The molecule has 5 heteroatoms. The Morgan fingerprint density at radius 3 is 2.10 bits per heavy atom. The number of hydrogen-bond donors (Lipinski definition) is 1. The van der Waals surface area contributed by atoms with Crippen LogP contribution in [-0.2, 0) is 4.79 Å². The van der Waals surface area contributed by atoms with Crippen LogP contribution in [0.1, 0.15) is 30.9 Å². The fraction of sp³-hybridized carbons (Fsp3) is 0.200. The molecule has 4 rings (SSSR count). The number of rotatable bonds is 6. The standard InChI is InChI=1S/C25H24N2O2S/c1-25(2,21(17-11-6-4-7-12-17)18-13-8-5-9-14-18)23(28)27-24-26-22-19(29-3)15-10-16-20(22)30-24/h4-16,21H,1-3H3,(H,26,27,28). The van der Waals surface area contributed by atoms with E-state index < -0.39 is 5.41 Å². The summed E-state index contributed by atoms with van der Waals surface area (Å²) in [5.41, 5.74) is 2.27. The van der Waals surface area contributed by atoms with Crippen LogP contribution in [0.4, 0.5) is 5.13 Å². The fourth-order valence-electron chi connectivity index (χ4n) is 3.85. The Balaban J connectivity index is 1.69. The van der Waals surface area contributed by atoms with Crippen LogP contribution < -0.4 is 10.1 Å². The smallest absolute Gasteiger partial charge is 0.232 e. The second kappa shape index (κ2) is 8.28. The van der Waals surface area contributed by atoms with Crippen LogP contribution >= 0.6 is 11.3 Å². The maximum Gasteiger partial charge on any atom is 0.232 e. The lowest BCUT2D eigenvalue weighted by atomic mass is 9.70. The van der Waals surface area contributed by atoms with Gasteiger partial charge in [0.1, 0.15) is 11.3 Å². The molecule has 0 aliphatic carbocycles. The molecule has 0 saturated carbocycles. The van der Waals surface area contributed by atoms with Gasteiger partial charge in [-0.3, -0.25) is 4.79 Å². The number of fused-ring (bicyclic) bond motifs is 1. The topological polar surface area (TPSA) is 51.2 Å². The van der Waals surface area contributed by atoms with Gasteiger partial charge < -0.3 is 10.1 Å². The molecule has 0 spiro atoms. The largest absolute Gasteiger partial charge is 0.494 e. The zero-order valence-corrected chi connectivity index (χ0v) is 18.1. The molecule has 0 fully saturated rings. The Morgan fingerprint density at radius 1 is 0.933 bits per heavy atom. The van der Waals surface area contributed by atoms with Gasteiger partial charge in [-0.05, 0) is 23.3 Å². The second-order valence-corrected chi connectivity index (χ2v) is 8.79. The molecule has 1 N–H and O–H groups in total. The number of methoxy groups -OCH3 is 1. The van der Waals surface area contributed by atoms with Gasteiger partial charge in [-0.25, -0.2) is 4.98 Å². The van der Waals surface area contributed by atoms with Gasteiger partial charge in [-0.15, -0.1) is 0 Å². The molecule has 0 unspecified atom stereocenters. The molecule has 3 aromatic carbocycles. The molecule has 0 bridgehead atoms. The van der Waals surface area contributed by atoms with Crippen molar-refractivity contribution in [2.75, 3.05) is 12.4 Å². The number of benzene rings is 3. The highest BCUT2D eigenvalue weighted by molar-refractivity contribution is 7.22. The van der Waals surface area contributed by atoms with Crippen LogP contribution in [0, 0.1) is 5.41 Å². The SMILES string of the molecule is COc1cccc2sc(NC(=O)C(C)(C)C(c3ccccc3)c3ccccc3)nc12. The lowest BCUT2D eigenvalue weighted by Gasteiger charge is -2.33. The first-order valence-corrected chi connectivity index (χ1v) is 10.7. The van der Waals surface area contributed by atoms with Crippen molar-refractivity contribution < 1.29 is 9.53 Å². The summed E-state index contributed by atoms with van der Waals surface area (Å²) in [4.78, 5) is 18.1. The van der Waals surface area contributed by atoms with Gasteiger partial charge in [-0.1, -0.05) is 91.9 Å². The third-order valence-corrected chi connectivity index (χ3v) is 6.33. The number of ether oxygens (including phenoxy) is 1. The van der Waals surface area contributed by atoms with E-state index in [1.165, 1.54) is 11.3 Å². The summed E-state index contributed by atoms with van der Waals surface area (Å²) < 4.78 is 6.38. The minimum Gasteiger partial charge on any atom is -0.494 e. The van der Waals surface area contributed by atoms with Crippen LogP contribution in [0.5, 0.6) is 5.75 Å². The lowest BCUT2D eigenvalue weighted by Crippen LogP contribution is -2.37. The van der Waals surface area contributed by atoms with Crippen molar-refractivity contribution in [2.24, 2.45) is 5.41 Å². The molecule has 4 aromatic rings. The molecule has 152 valence electrons. The molecule has 1 amide bonds. The van der Waals surface area contributed by atoms with E-state index in [9.17, 15) is 4.79 Å². The minimum absolute atomic E-state index is 0.0711. The molecule has 1 heterocycles. The summed E-state index contributed by atoms with van der Waals surface area (Å²) in [6.45, 7) is 3.97. The molecule has 0 aliphatic heterocycles. The Bertz CT molecular complexity index is 1110. The predicted octanol–water partition coefficient (Wildman–Crippen LogP) is 6.10. The Kier molecular flexibility index (Phi) is 5.55. The molecule has 0 aliphatic rings. The van der Waals surface area contributed by atoms with Crippen LogP contribution in [0.2, 0.25) is 0 Å². The monoisotopic (exact) mass is 416 g/mol. The van der Waals surface area contributed by atoms with E-state index in [4.69, 9.17) is 4.74 Å². The van der Waals surface area contributed by atoms with Gasteiger partial charge in [0.15, 0.2) is 5.13 Å². The Hall–Kier alpha value is -3.18. The van der Waals surface area contributed by atoms with Crippen molar-refractivity contribution >= 4 is 32.6 Å². The zero-order chi connectivity index (χ0) is 21.1. The molecule has 1 aromatic heterocycles. The van der Waals surface area contributed by atoms with Gasteiger partial charge in [0.05, 0.1) is 17.2 Å². The molecule has 0 saturated heterocycles. The number of nitrogens with one attached hydrogen (secondary N) is 1. The quantitative estimate of drug-likeness (QED) is 0.413. The lowest BCUT2D eigenvalue weighted by molar-refractivity contribution is -0.124. The van der Waals surface area contributed by atoms with E-state index in [2.05, 4.69) is 34.6 Å². The molecule has 30 heavy (non-hydrogen) atoms. The third-order valence-electron chi connectivity index (χ3n) is 5.40. The average Bonchev–Trinajstić information content (AvgIpc) is 3.17. The molecule has 0 radical (unpaired) electrons. The van der Waals surface area contributed by atoms with Crippen LogP contribution in [0.15, 0.2) is 78.9 Å². The summed E-state index contributed by atoms with van der Waals surface area (Å²) in [6.07, 6.45) is 0. The first-order valence-electron chi connectivity index (χ1n) is 9.85. The summed E-state index contributed by atoms with van der Waals surface area (Å²) in [5.74, 6) is 0.539. The summed E-state index contributed by atoms with van der Waals surface area (Å²) in [5, 5.41) is 3.63. The van der Waals surface area contributed by atoms with Gasteiger partial charge in [0.2, 0.25) is 5.91 Å². The number of carbonyl (C=O) groups is 1. The van der Waals surface area contributed by atoms with Crippen molar-refractivity contribution in [3.63, 3.8) is 0 Å². The van der Waals surface area contributed by atoms with E-state index in [1.807, 2.05) is 68.4 Å². The summed E-state index contributed by atoms with van der Waals surface area (Å²) >= 11 is 1.45. The number of carbonyl (C=O) groups excluding carboxylic acids is 1. The number of aromatic nitrogens is 1.